The van der Waals surface area contributed by atoms with Gasteiger partial charge < -0.3 is 10.4 Å². The fourth-order valence-corrected chi connectivity index (χ4v) is 4.30. The molecule has 3 aliphatic rings. The van der Waals surface area contributed by atoms with E-state index < -0.39 is 18.8 Å². The Labute approximate surface area is 178 Å². The van der Waals surface area contributed by atoms with E-state index in [0.29, 0.717) is 29.0 Å². The Kier molecular flexibility index (Phi) is 5.92. The fraction of sp³-hybridized carbons (Fsp3) is 0.571. The second kappa shape index (κ2) is 8.49. The van der Waals surface area contributed by atoms with Crippen molar-refractivity contribution in [3.05, 3.63) is 35.7 Å². The van der Waals surface area contributed by atoms with Crippen LogP contribution in [0.3, 0.4) is 0 Å². The smallest absolute Gasteiger partial charge is 0.393 e. The number of aliphatic hydroxyl groups is 1. The molecule has 0 saturated heterocycles. The lowest BCUT2D eigenvalue weighted by molar-refractivity contribution is -0.119. The van der Waals surface area contributed by atoms with Crippen molar-refractivity contribution in [2.45, 2.75) is 63.9 Å². The summed E-state index contributed by atoms with van der Waals surface area (Å²) in [6, 6.07) is -0.697. The van der Waals surface area contributed by atoms with Crippen LogP contribution in [-0.4, -0.2) is 50.9 Å². The van der Waals surface area contributed by atoms with E-state index >= 15 is 0 Å². The number of nitrogens with zero attached hydrogens (tertiary/aromatic N) is 4. The van der Waals surface area contributed by atoms with E-state index in [1.807, 2.05) is 19.1 Å². The van der Waals surface area contributed by atoms with Crippen molar-refractivity contribution < 1.29 is 23.1 Å². The molecule has 0 spiro atoms. The van der Waals surface area contributed by atoms with Crippen LogP contribution in [-0.2, 0) is 6.54 Å². The summed E-state index contributed by atoms with van der Waals surface area (Å²) in [6.45, 7) is 0.651. The number of aromatic nitrogens is 2. The average molecular weight is 437 g/mol. The van der Waals surface area contributed by atoms with Crippen molar-refractivity contribution in [2.75, 3.05) is 16.8 Å². The van der Waals surface area contributed by atoms with Gasteiger partial charge in [-0.2, -0.15) is 18.2 Å². The van der Waals surface area contributed by atoms with E-state index in [9.17, 15) is 23.1 Å². The summed E-state index contributed by atoms with van der Waals surface area (Å²) in [6.07, 6.45) is 5.63. The lowest BCUT2D eigenvalue weighted by atomic mass is 9.93. The number of rotatable bonds is 4. The molecule has 1 fully saturated rings. The Bertz CT molecular complexity index is 893. The second-order valence-electron chi connectivity index (χ2n) is 8.42. The molecular formula is C21H26F3N5O2. The molecule has 10 heteroatoms. The van der Waals surface area contributed by atoms with E-state index in [1.54, 1.807) is 6.08 Å². The van der Waals surface area contributed by atoms with Crippen LogP contribution in [0.2, 0.25) is 0 Å². The number of fused-ring (bicyclic) bond motifs is 1. The van der Waals surface area contributed by atoms with Crippen molar-refractivity contribution >= 4 is 17.8 Å². The molecular weight excluding hydrogens is 411 g/mol. The topological polar surface area (TPSA) is 81.6 Å². The van der Waals surface area contributed by atoms with Gasteiger partial charge >= 0.3 is 12.2 Å². The molecule has 4 rings (SSSR count). The summed E-state index contributed by atoms with van der Waals surface area (Å²) in [5.41, 5.74) is 1.16. The number of carbonyl (C=O) groups is 1. The van der Waals surface area contributed by atoms with E-state index in [0.717, 1.165) is 19.3 Å². The van der Waals surface area contributed by atoms with E-state index in [4.69, 9.17) is 0 Å². The SMILES string of the molecule is CC1CC=CC=C1N1Cc2cnc(NC3CCC(O)CC3)nc2N(CC(F)(F)F)C1=O. The minimum Gasteiger partial charge on any atom is -0.393 e. The maximum Gasteiger partial charge on any atom is 0.406 e. The van der Waals surface area contributed by atoms with Gasteiger partial charge in [-0.25, -0.2) is 9.78 Å². The molecule has 2 N–H and O–H groups in total. The van der Waals surface area contributed by atoms with Crippen LogP contribution in [0.25, 0.3) is 0 Å². The number of alkyl halides is 3. The normalized spacial score (nSPS) is 26.5. The summed E-state index contributed by atoms with van der Waals surface area (Å²) in [5.74, 6) is 0.208. The Balaban J connectivity index is 1.63. The van der Waals surface area contributed by atoms with Crippen LogP contribution < -0.4 is 10.2 Å². The van der Waals surface area contributed by atoms with Crippen LogP contribution in [0.5, 0.6) is 0 Å². The highest BCUT2D eigenvalue weighted by Gasteiger charge is 2.41. The number of nitrogens with one attached hydrogen (secondary N) is 1. The van der Waals surface area contributed by atoms with Crippen LogP contribution in [0.1, 0.15) is 44.6 Å². The number of halogens is 3. The highest BCUT2D eigenvalue weighted by molar-refractivity contribution is 5.95. The van der Waals surface area contributed by atoms with Gasteiger partial charge in [0.2, 0.25) is 5.95 Å². The van der Waals surface area contributed by atoms with Gasteiger partial charge in [0.1, 0.15) is 12.4 Å². The fourth-order valence-electron chi connectivity index (χ4n) is 4.30. The van der Waals surface area contributed by atoms with Gasteiger partial charge in [0.25, 0.3) is 0 Å². The minimum absolute atomic E-state index is 0.00785. The number of urea groups is 1. The highest BCUT2D eigenvalue weighted by Crippen LogP contribution is 2.35. The van der Waals surface area contributed by atoms with Gasteiger partial charge in [-0.3, -0.25) is 9.80 Å². The minimum atomic E-state index is -4.57. The number of carbonyl (C=O) groups excluding carboxylic acids is 1. The number of allylic oxidation sites excluding steroid dienone is 4. The quantitative estimate of drug-likeness (QED) is 0.745. The first kappa shape index (κ1) is 21.6. The summed E-state index contributed by atoms with van der Waals surface area (Å²) < 4.78 is 40.0. The molecule has 2 aliphatic carbocycles. The number of anilines is 2. The Morgan fingerprint density at radius 3 is 2.68 bits per heavy atom. The third-order valence-electron chi connectivity index (χ3n) is 5.96. The lowest BCUT2D eigenvalue weighted by Crippen LogP contribution is -2.51. The molecule has 2 heterocycles. The van der Waals surface area contributed by atoms with E-state index in [2.05, 4.69) is 15.3 Å². The van der Waals surface area contributed by atoms with Crippen molar-refractivity contribution in [1.29, 1.82) is 0 Å². The van der Waals surface area contributed by atoms with Gasteiger partial charge in [0, 0.05) is 29.4 Å². The molecule has 7 nitrogen and oxygen atoms in total. The Hall–Kier alpha value is -2.62. The van der Waals surface area contributed by atoms with Crippen LogP contribution in [0, 0.1) is 5.92 Å². The van der Waals surface area contributed by atoms with E-state index in [-0.39, 0.29) is 36.4 Å². The molecule has 168 valence electrons. The molecule has 1 aliphatic heterocycles. The van der Waals surface area contributed by atoms with Gasteiger partial charge in [-0.05, 0) is 38.2 Å². The first-order valence-electron chi connectivity index (χ1n) is 10.5. The average Bonchev–Trinajstić information content (AvgIpc) is 2.72. The predicted molar refractivity (Wildman–Crippen MR) is 109 cm³/mol. The Morgan fingerprint density at radius 1 is 1.26 bits per heavy atom. The molecule has 0 radical (unpaired) electrons. The highest BCUT2D eigenvalue weighted by atomic mass is 19.4. The number of hydrogen-bond acceptors (Lipinski definition) is 5. The number of aliphatic hydroxyl groups excluding tert-OH is 1. The molecule has 1 saturated carbocycles. The van der Waals surface area contributed by atoms with Crippen LogP contribution in [0.4, 0.5) is 29.7 Å². The number of amides is 2. The standard InChI is InChI=1S/C21H26F3N5O2/c1-13-4-2-3-5-17(13)28-11-14-10-25-19(26-15-6-8-16(30)9-7-15)27-18(14)29(20(28)31)12-21(22,23)24/h2-3,5,10,13,15-16,30H,4,6-9,11-12H2,1H3,(H,25,26,27). The first-order chi connectivity index (χ1) is 14.7. The summed E-state index contributed by atoms with van der Waals surface area (Å²) in [5, 5.41) is 12.8. The second-order valence-corrected chi connectivity index (χ2v) is 8.42. The van der Waals surface area contributed by atoms with Gasteiger partial charge in [-0.1, -0.05) is 19.1 Å². The summed E-state index contributed by atoms with van der Waals surface area (Å²) >= 11 is 0. The van der Waals surface area contributed by atoms with Crippen molar-refractivity contribution in [3.63, 3.8) is 0 Å². The van der Waals surface area contributed by atoms with Crippen LogP contribution >= 0.6 is 0 Å². The zero-order chi connectivity index (χ0) is 22.2. The summed E-state index contributed by atoms with van der Waals surface area (Å²) in [7, 11) is 0. The van der Waals surface area contributed by atoms with Gasteiger partial charge in [0.05, 0.1) is 12.6 Å². The Morgan fingerprint density at radius 2 is 2.00 bits per heavy atom. The molecule has 0 bridgehead atoms. The molecule has 1 atom stereocenters. The van der Waals surface area contributed by atoms with Crippen molar-refractivity contribution in [2.24, 2.45) is 5.92 Å². The molecule has 1 unspecified atom stereocenters. The van der Waals surface area contributed by atoms with Crippen LogP contribution in [0.15, 0.2) is 30.1 Å². The van der Waals surface area contributed by atoms with Gasteiger partial charge in [-0.15, -0.1) is 0 Å². The molecule has 0 aromatic carbocycles. The summed E-state index contributed by atoms with van der Waals surface area (Å²) in [4.78, 5) is 23.8. The maximum absolute atomic E-state index is 13.3. The van der Waals surface area contributed by atoms with Crippen molar-refractivity contribution in [3.8, 4) is 0 Å². The first-order valence-corrected chi connectivity index (χ1v) is 10.5. The third-order valence-corrected chi connectivity index (χ3v) is 5.96. The molecule has 31 heavy (non-hydrogen) atoms. The lowest BCUT2D eigenvalue weighted by Gasteiger charge is -2.39. The largest absolute Gasteiger partial charge is 0.406 e. The van der Waals surface area contributed by atoms with E-state index in [1.165, 1.54) is 11.1 Å². The molecule has 1 aromatic heterocycles. The zero-order valence-corrected chi connectivity index (χ0v) is 17.3. The maximum atomic E-state index is 13.3. The van der Waals surface area contributed by atoms with Gasteiger partial charge in [0.15, 0.2) is 0 Å². The molecule has 1 aromatic rings. The number of hydrogen-bond donors (Lipinski definition) is 2. The molecule has 2 amide bonds. The van der Waals surface area contributed by atoms with Crippen molar-refractivity contribution in [1.82, 2.24) is 14.9 Å². The third kappa shape index (κ3) is 4.84. The zero-order valence-electron chi connectivity index (χ0n) is 17.3. The monoisotopic (exact) mass is 437 g/mol. The predicted octanol–water partition coefficient (Wildman–Crippen LogP) is 3.98.